The molecule has 114 valence electrons. The molecule has 1 aromatic rings. The van der Waals surface area contributed by atoms with Crippen molar-refractivity contribution in [1.29, 1.82) is 0 Å². The average Bonchev–Trinajstić information content (AvgIpc) is 2.99. The Bertz CT molecular complexity index is 547. The van der Waals surface area contributed by atoms with Crippen LogP contribution in [0.2, 0.25) is 0 Å². The van der Waals surface area contributed by atoms with Crippen LogP contribution in [0.25, 0.3) is 0 Å². The van der Waals surface area contributed by atoms with Crippen molar-refractivity contribution >= 4 is 11.6 Å². The zero-order valence-corrected chi connectivity index (χ0v) is 11.2. The van der Waals surface area contributed by atoms with E-state index in [4.69, 9.17) is 0 Å². The molecule has 1 saturated heterocycles. The van der Waals surface area contributed by atoms with Crippen molar-refractivity contribution in [1.82, 2.24) is 10.9 Å². The topological polar surface area (TPSA) is 53.2 Å². The Hall–Kier alpha value is -1.60. The number of anilines is 1. The van der Waals surface area contributed by atoms with Crippen molar-refractivity contribution in [3.8, 4) is 0 Å². The van der Waals surface area contributed by atoms with Gasteiger partial charge in [-0.3, -0.25) is 10.2 Å². The second kappa shape index (κ2) is 5.31. The van der Waals surface area contributed by atoms with Crippen molar-refractivity contribution < 1.29 is 18.0 Å². The summed E-state index contributed by atoms with van der Waals surface area (Å²) in [6, 6.07) is 4.57. The molecule has 7 heteroatoms. The molecule has 1 aliphatic heterocycles. The van der Waals surface area contributed by atoms with Crippen LogP contribution in [-0.4, -0.2) is 18.0 Å². The maximum absolute atomic E-state index is 12.6. The van der Waals surface area contributed by atoms with E-state index in [0.29, 0.717) is 0 Å². The van der Waals surface area contributed by atoms with Gasteiger partial charge < -0.3 is 5.32 Å². The number of amides is 1. The van der Waals surface area contributed by atoms with Crippen LogP contribution < -0.4 is 16.2 Å². The minimum Gasteiger partial charge on any atom is -0.325 e. The monoisotopic (exact) mass is 299 g/mol. The third-order valence-corrected chi connectivity index (χ3v) is 4.16. The van der Waals surface area contributed by atoms with E-state index in [1.54, 1.807) is 0 Å². The second-order valence-electron chi connectivity index (χ2n) is 5.54. The van der Waals surface area contributed by atoms with Crippen LogP contribution in [0.4, 0.5) is 18.9 Å². The average molecular weight is 299 g/mol. The van der Waals surface area contributed by atoms with Crippen molar-refractivity contribution in [2.24, 2.45) is 5.92 Å². The predicted octanol–water partition coefficient (Wildman–Crippen LogP) is 2.29. The number of benzene rings is 1. The number of nitrogens with one attached hydrogen (secondary N) is 3. The van der Waals surface area contributed by atoms with Gasteiger partial charge in [0.15, 0.2) is 0 Å². The predicted molar refractivity (Wildman–Crippen MR) is 71.3 cm³/mol. The molecule has 0 spiro atoms. The van der Waals surface area contributed by atoms with Crippen molar-refractivity contribution in [3.63, 3.8) is 0 Å². The van der Waals surface area contributed by atoms with E-state index < -0.39 is 17.8 Å². The van der Waals surface area contributed by atoms with E-state index in [0.717, 1.165) is 31.4 Å². The summed E-state index contributed by atoms with van der Waals surface area (Å²) in [5.41, 5.74) is 5.42. The summed E-state index contributed by atoms with van der Waals surface area (Å²) >= 11 is 0. The number of carbonyl (C=O) groups is 1. The van der Waals surface area contributed by atoms with E-state index in [-0.39, 0.29) is 23.6 Å². The number of alkyl halides is 3. The van der Waals surface area contributed by atoms with Crippen LogP contribution in [0.5, 0.6) is 0 Å². The molecule has 1 heterocycles. The quantitative estimate of drug-likeness (QED) is 0.785. The molecule has 1 aliphatic carbocycles. The third-order valence-electron chi connectivity index (χ3n) is 4.16. The van der Waals surface area contributed by atoms with Crippen LogP contribution >= 0.6 is 0 Å². The van der Waals surface area contributed by atoms with Crippen LogP contribution in [0.15, 0.2) is 24.3 Å². The Morgan fingerprint density at radius 3 is 2.81 bits per heavy atom. The third kappa shape index (κ3) is 2.89. The van der Waals surface area contributed by atoms with Crippen LogP contribution in [-0.2, 0) is 11.0 Å². The molecule has 3 unspecified atom stereocenters. The maximum atomic E-state index is 12.6. The molecule has 0 bridgehead atoms. The summed E-state index contributed by atoms with van der Waals surface area (Å²) in [4.78, 5) is 12.2. The minimum absolute atomic E-state index is 0.165. The van der Waals surface area contributed by atoms with Gasteiger partial charge in [-0.15, -0.1) is 0 Å². The normalized spacial score (nSPS) is 28.4. The number of carbonyl (C=O) groups excluding carboxylic acids is 1. The molecular weight excluding hydrogens is 283 g/mol. The Kier molecular flexibility index (Phi) is 3.62. The van der Waals surface area contributed by atoms with Crippen LogP contribution in [0.3, 0.4) is 0 Å². The van der Waals surface area contributed by atoms with Gasteiger partial charge in [0, 0.05) is 17.6 Å². The molecule has 4 nitrogen and oxygen atoms in total. The number of rotatable bonds is 2. The minimum atomic E-state index is -4.41. The number of fused-ring (bicyclic) bond motifs is 1. The Morgan fingerprint density at radius 1 is 1.24 bits per heavy atom. The molecule has 3 rings (SSSR count). The lowest BCUT2D eigenvalue weighted by molar-refractivity contribution is -0.137. The first kappa shape index (κ1) is 14.3. The molecule has 1 saturated carbocycles. The first-order valence-corrected chi connectivity index (χ1v) is 6.94. The van der Waals surface area contributed by atoms with Gasteiger partial charge in [0.25, 0.3) is 0 Å². The highest BCUT2D eigenvalue weighted by atomic mass is 19.4. The maximum Gasteiger partial charge on any atom is 0.416 e. The van der Waals surface area contributed by atoms with Gasteiger partial charge >= 0.3 is 6.18 Å². The molecule has 0 aromatic heterocycles. The first-order valence-electron chi connectivity index (χ1n) is 6.94. The second-order valence-corrected chi connectivity index (χ2v) is 5.54. The summed E-state index contributed by atoms with van der Waals surface area (Å²) in [6.07, 6.45) is -1.38. The molecule has 2 fully saturated rings. The molecule has 1 aromatic carbocycles. The van der Waals surface area contributed by atoms with Crippen molar-refractivity contribution in [3.05, 3.63) is 29.8 Å². The zero-order valence-electron chi connectivity index (χ0n) is 11.2. The van der Waals surface area contributed by atoms with Crippen molar-refractivity contribution in [2.75, 3.05) is 5.32 Å². The Balaban J connectivity index is 1.70. The molecule has 21 heavy (non-hydrogen) atoms. The van der Waals surface area contributed by atoms with Gasteiger partial charge in [-0.05, 0) is 31.0 Å². The summed E-state index contributed by atoms with van der Waals surface area (Å²) in [6.45, 7) is 0. The fourth-order valence-corrected chi connectivity index (χ4v) is 3.12. The molecule has 3 atom stereocenters. The van der Waals surface area contributed by atoms with Gasteiger partial charge in [-0.25, -0.2) is 5.43 Å². The van der Waals surface area contributed by atoms with E-state index in [1.165, 1.54) is 12.1 Å². The fraction of sp³-hybridized carbons (Fsp3) is 0.500. The van der Waals surface area contributed by atoms with E-state index in [2.05, 4.69) is 16.2 Å². The van der Waals surface area contributed by atoms with Gasteiger partial charge in [0.2, 0.25) is 5.91 Å². The van der Waals surface area contributed by atoms with E-state index in [9.17, 15) is 18.0 Å². The highest BCUT2D eigenvalue weighted by Gasteiger charge is 2.42. The molecule has 1 amide bonds. The smallest absolute Gasteiger partial charge is 0.325 e. The lowest BCUT2D eigenvalue weighted by atomic mass is 9.96. The molecular formula is C14H16F3N3O. The van der Waals surface area contributed by atoms with Crippen LogP contribution in [0, 0.1) is 5.92 Å². The van der Waals surface area contributed by atoms with Crippen molar-refractivity contribution in [2.45, 2.75) is 37.5 Å². The summed E-state index contributed by atoms with van der Waals surface area (Å²) < 4.78 is 37.9. The van der Waals surface area contributed by atoms with Gasteiger partial charge in [0.05, 0.1) is 5.56 Å². The highest BCUT2D eigenvalue weighted by molar-refractivity contribution is 5.95. The zero-order chi connectivity index (χ0) is 15.0. The van der Waals surface area contributed by atoms with Crippen LogP contribution in [0.1, 0.15) is 24.8 Å². The number of hydrogen-bond donors (Lipinski definition) is 3. The molecule has 2 aliphatic rings. The van der Waals surface area contributed by atoms with E-state index in [1.807, 2.05) is 0 Å². The Morgan fingerprint density at radius 2 is 2.05 bits per heavy atom. The lowest BCUT2D eigenvalue weighted by Crippen LogP contribution is -2.42. The first-order chi connectivity index (χ1) is 9.95. The Labute approximate surface area is 120 Å². The SMILES string of the molecule is O=C(Nc1cccc(C(F)(F)F)c1)C1NNC2CCCC21. The standard InChI is InChI=1S/C14H16F3N3O/c15-14(16,17)8-3-1-4-9(7-8)18-13(21)12-10-5-2-6-11(10)19-20-12/h1,3-4,7,10-12,19-20H,2,5-6H2,(H,18,21). The number of halogens is 3. The summed E-state index contributed by atoms with van der Waals surface area (Å²) in [5.74, 6) is -0.0907. The van der Waals surface area contributed by atoms with Gasteiger partial charge in [-0.1, -0.05) is 12.5 Å². The molecule has 0 radical (unpaired) electrons. The van der Waals surface area contributed by atoms with E-state index >= 15 is 0 Å². The molecule has 3 N–H and O–H groups in total. The lowest BCUT2D eigenvalue weighted by Gasteiger charge is -2.17. The highest BCUT2D eigenvalue weighted by Crippen LogP contribution is 2.33. The number of hydrogen-bond acceptors (Lipinski definition) is 3. The largest absolute Gasteiger partial charge is 0.416 e. The summed E-state index contributed by atoms with van der Waals surface area (Å²) in [5, 5.41) is 2.57. The van der Waals surface area contributed by atoms with Gasteiger partial charge in [0.1, 0.15) is 6.04 Å². The summed E-state index contributed by atoms with van der Waals surface area (Å²) in [7, 11) is 0. The van der Waals surface area contributed by atoms with Gasteiger partial charge in [-0.2, -0.15) is 13.2 Å². The number of hydrazine groups is 1. The fourth-order valence-electron chi connectivity index (χ4n) is 3.12.